The fourth-order valence-electron chi connectivity index (χ4n) is 2.21. The third kappa shape index (κ3) is 1.76. The van der Waals surface area contributed by atoms with Crippen molar-refractivity contribution in [2.75, 3.05) is 11.6 Å². The first-order chi connectivity index (χ1) is 8.99. The van der Waals surface area contributed by atoms with Crippen LogP contribution < -0.4 is 11.6 Å². The van der Waals surface area contributed by atoms with Gasteiger partial charge in [0.1, 0.15) is 11.3 Å². The van der Waals surface area contributed by atoms with E-state index in [4.69, 9.17) is 16.1 Å². The molecule has 3 aromatic rings. The first kappa shape index (κ1) is 12.3. The Kier molecular flexibility index (Phi) is 2.66. The van der Waals surface area contributed by atoms with Gasteiger partial charge in [0, 0.05) is 9.13 Å². The number of nitrogens with zero attached hydrogens (tertiary/aromatic N) is 3. The fourth-order valence-corrected chi connectivity index (χ4v) is 2.94. The highest BCUT2D eigenvalue weighted by molar-refractivity contribution is 14.1. The van der Waals surface area contributed by atoms with Crippen LogP contribution in [0.1, 0.15) is 11.5 Å². The van der Waals surface area contributed by atoms with Crippen molar-refractivity contribution < 1.29 is 4.52 Å². The summed E-state index contributed by atoms with van der Waals surface area (Å²) >= 11 is 2.22. The molecule has 0 saturated carbocycles. The van der Waals surface area contributed by atoms with Gasteiger partial charge in [-0.05, 0) is 54.1 Å². The highest BCUT2D eigenvalue weighted by Gasteiger charge is 2.16. The second kappa shape index (κ2) is 4.12. The van der Waals surface area contributed by atoms with Crippen LogP contribution >= 0.6 is 22.6 Å². The minimum absolute atomic E-state index is 0.295. The van der Waals surface area contributed by atoms with Gasteiger partial charge >= 0.3 is 0 Å². The molecule has 0 radical (unpaired) electrons. The summed E-state index contributed by atoms with van der Waals surface area (Å²) in [7, 11) is 0. The maximum Gasteiger partial charge on any atom is 0.220 e. The van der Waals surface area contributed by atoms with Gasteiger partial charge in [0.25, 0.3) is 0 Å². The van der Waals surface area contributed by atoms with Crippen LogP contribution in [-0.4, -0.2) is 14.8 Å². The number of aromatic nitrogens is 3. The van der Waals surface area contributed by atoms with E-state index in [9.17, 15) is 0 Å². The quantitative estimate of drug-likeness (QED) is 0.507. The number of halogens is 1. The standard InChI is InChI=1S/C12H12IN5O/c1-5-10(6(2)19-17-5)7-3-8(13)11-9(4-7)18(15)12(14)16-11/h3-4H,15H2,1-2H3,(H2,14,16). The summed E-state index contributed by atoms with van der Waals surface area (Å²) in [5.74, 6) is 6.97. The van der Waals surface area contributed by atoms with Crippen molar-refractivity contribution >= 4 is 39.6 Å². The molecule has 0 bridgehead atoms. The van der Waals surface area contributed by atoms with Crippen molar-refractivity contribution in [3.05, 3.63) is 27.2 Å². The van der Waals surface area contributed by atoms with Gasteiger partial charge in [-0.15, -0.1) is 0 Å². The molecule has 6 nitrogen and oxygen atoms in total. The van der Waals surface area contributed by atoms with E-state index in [0.717, 1.165) is 37.2 Å². The van der Waals surface area contributed by atoms with Gasteiger partial charge in [-0.2, -0.15) is 0 Å². The first-order valence-electron chi connectivity index (χ1n) is 5.65. The number of hydrogen-bond donors (Lipinski definition) is 2. The molecule has 0 spiro atoms. The third-order valence-electron chi connectivity index (χ3n) is 3.10. The zero-order valence-corrected chi connectivity index (χ0v) is 12.6. The lowest BCUT2D eigenvalue weighted by atomic mass is 10.0. The van der Waals surface area contributed by atoms with Gasteiger partial charge in [0.2, 0.25) is 5.95 Å². The zero-order chi connectivity index (χ0) is 13.7. The number of anilines is 1. The number of nitrogens with two attached hydrogens (primary N) is 2. The minimum Gasteiger partial charge on any atom is -0.368 e. The molecular weight excluding hydrogens is 357 g/mol. The SMILES string of the molecule is Cc1noc(C)c1-c1cc(I)c2nc(N)n(N)c2c1. The minimum atomic E-state index is 0.295. The van der Waals surface area contributed by atoms with Gasteiger partial charge in [-0.25, -0.2) is 9.66 Å². The summed E-state index contributed by atoms with van der Waals surface area (Å²) < 4.78 is 7.58. The molecular formula is C12H12IN5O. The van der Waals surface area contributed by atoms with Crippen LogP contribution in [0.2, 0.25) is 0 Å². The molecule has 3 rings (SSSR count). The highest BCUT2D eigenvalue weighted by atomic mass is 127. The van der Waals surface area contributed by atoms with E-state index in [2.05, 4.69) is 32.7 Å². The molecule has 0 amide bonds. The molecule has 7 heteroatoms. The third-order valence-corrected chi connectivity index (χ3v) is 3.92. The van der Waals surface area contributed by atoms with E-state index in [0.29, 0.717) is 5.95 Å². The molecule has 0 atom stereocenters. The van der Waals surface area contributed by atoms with Crippen molar-refractivity contribution in [1.82, 2.24) is 14.8 Å². The average Bonchev–Trinajstić information content (AvgIpc) is 2.83. The van der Waals surface area contributed by atoms with Crippen LogP contribution in [0, 0.1) is 17.4 Å². The Bertz CT molecular complexity index is 770. The molecule has 1 aromatic carbocycles. The van der Waals surface area contributed by atoms with E-state index >= 15 is 0 Å². The highest BCUT2D eigenvalue weighted by Crippen LogP contribution is 2.32. The molecule has 19 heavy (non-hydrogen) atoms. The van der Waals surface area contributed by atoms with Crippen LogP contribution in [0.25, 0.3) is 22.2 Å². The topological polar surface area (TPSA) is 95.9 Å². The smallest absolute Gasteiger partial charge is 0.220 e. The van der Waals surface area contributed by atoms with Gasteiger partial charge in [0.15, 0.2) is 0 Å². The number of benzene rings is 1. The molecule has 2 aromatic heterocycles. The fraction of sp³-hybridized carbons (Fsp3) is 0.167. The second-order valence-corrected chi connectivity index (χ2v) is 5.53. The van der Waals surface area contributed by atoms with Crippen LogP contribution in [0.3, 0.4) is 0 Å². The Hall–Kier alpha value is -1.77. The van der Waals surface area contributed by atoms with Crippen LogP contribution in [-0.2, 0) is 0 Å². The largest absolute Gasteiger partial charge is 0.368 e. The Morgan fingerprint density at radius 2 is 2.05 bits per heavy atom. The first-order valence-corrected chi connectivity index (χ1v) is 6.72. The number of aryl methyl sites for hydroxylation is 2. The van der Waals surface area contributed by atoms with Crippen molar-refractivity contribution in [3.8, 4) is 11.1 Å². The van der Waals surface area contributed by atoms with Crippen LogP contribution in [0.15, 0.2) is 16.7 Å². The number of fused-ring (bicyclic) bond motifs is 1. The molecule has 0 saturated heterocycles. The molecule has 0 unspecified atom stereocenters. The van der Waals surface area contributed by atoms with Gasteiger partial charge in [0.05, 0.1) is 11.2 Å². The maximum atomic E-state index is 5.89. The Morgan fingerprint density at radius 3 is 2.68 bits per heavy atom. The van der Waals surface area contributed by atoms with Crippen molar-refractivity contribution in [3.63, 3.8) is 0 Å². The molecule has 0 aliphatic rings. The maximum absolute atomic E-state index is 5.89. The summed E-state index contributed by atoms with van der Waals surface area (Å²) in [4.78, 5) is 4.25. The molecule has 98 valence electrons. The predicted molar refractivity (Wildman–Crippen MR) is 82.0 cm³/mol. The lowest BCUT2D eigenvalue weighted by molar-refractivity contribution is 0.393. The normalized spacial score (nSPS) is 11.3. The van der Waals surface area contributed by atoms with Crippen LogP contribution in [0.5, 0.6) is 0 Å². The van der Waals surface area contributed by atoms with Crippen molar-refractivity contribution in [1.29, 1.82) is 0 Å². The van der Waals surface area contributed by atoms with E-state index in [1.807, 2.05) is 26.0 Å². The zero-order valence-electron chi connectivity index (χ0n) is 10.4. The summed E-state index contributed by atoms with van der Waals surface area (Å²) in [5, 5.41) is 3.97. The molecule has 2 heterocycles. The van der Waals surface area contributed by atoms with E-state index in [1.54, 1.807) is 0 Å². The van der Waals surface area contributed by atoms with Gasteiger partial charge in [-0.3, -0.25) is 0 Å². The average molecular weight is 369 g/mol. The number of imidazole rings is 1. The Labute approximate surface area is 122 Å². The summed E-state index contributed by atoms with van der Waals surface area (Å²) in [6, 6.07) is 3.98. The van der Waals surface area contributed by atoms with Crippen LogP contribution in [0.4, 0.5) is 5.95 Å². The number of rotatable bonds is 1. The summed E-state index contributed by atoms with van der Waals surface area (Å²) in [5.41, 5.74) is 10.2. The molecule has 0 aliphatic heterocycles. The van der Waals surface area contributed by atoms with E-state index < -0.39 is 0 Å². The summed E-state index contributed by atoms with van der Waals surface area (Å²) in [6.45, 7) is 3.80. The monoisotopic (exact) mass is 369 g/mol. The Morgan fingerprint density at radius 1 is 1.32 bits per heavy atom. The van der Waals surface area contributed by atoms with E-state index in [1.165, 1.54) is 4.68 Å². The Balaban J connectivity index is 2.35. The number of nitrogen functional groups attached to an aromatic ring is 2. The predicted octanol–water partition coefficient (Wildman–Crippen LogP) is 2.21. The lowest BCUT2D eigenvalue weighted by Crippen LogP contribution is -2.11. The molecule has 0 fully saturated rings. The van der Waals surface area contributed by atoms with E-state index in [-0.39, 0.29) is 0 Å². The van der Waals surface area contributed by atoms with Crippen molar-refractivity contribution in [2.45, 2.75) is 13.8 Å². The second-order valence-electron chi connectivity index (χ2n) is 4.36. The molecule has 4 N–H and O–H groups in total. The number of hydrogen-bond acceptors (Lipinski definition) is 5. The van der Waals surface area contributed by atoms with Gasteiger partial charge < -0.3 is 16.1 Å². The van der Waals surface area contributed by atoms with Crippen molar-refractivity contribution in [2.24, 2.45) is 0 Å². The lowest BCUT2D eigenvalue weighted by Gasteiger charge is -2.04. The molecule has 0 aliphatic carbocycles. The summed E-state index contributed by atoms with van der Waals surface area (Å²) in [6.07, 6.45) is 0. The van der Waals surface area contributed by atoms with Gasteiger partial charge in [-0.1, -0.05) is 5.16 Å².